The molecule has 4 nitrogen and oxygen atoms in total. The predicted octanol–water partition coefficient (Wildman–Crippen LogP) is 2.93. The molecule has 1 aromatic rings. The van der Waals surface area contributed by atoms with E-state index in [4.69, 9.17) is 4.74 Å². The molecule has 0 saturated carbocycles. The summed E-state index contributed by atoms with van der Waals surface area (Å²) >= 11 is 0. The van der Waals surface area contributed by atoms with Gasteiger partial charge in [-0.05, 0) is 51.0 Å². The Morgan fingerprint density at radius 1 is 0.952 bits per heavy atom. The number of amides is 2. The maximum absolute atomic E-state index is 12.6. The number of nitrogens with zero attached hydrogens (tertiary/aromatic N) is 1. The molecule has 1 aliphatic carbocycles. The molecule has 1 saturated heterocycles. The number of imide groups is 1. The van der Waals surface area contributed by atoms with Gasteiger partial charge < -0.3 is 4.74 Å². The van der Waals surface area contributed by atoms with Gasteiger partial charge >= 0.3 is 0 Å². The summed E-state index contributed by atoms with van der Waals surface area (Å²) in [5.74, 6) is 0.194. The Morgan fingerprint density at radius 2 is 1.43 bits per heavy atom. The van der Waals surface area contributed by atoms with Crippen molar-refractivity contribution in [1.29, 1.82) is 0 Å². The van der Waals surface area contributed by atoms with E-state index in [1.54, 1.807) is 31.4 Å². The first-order valence-electron chi connectivity index (χ1n) is 7.20. The van der Waals surface area contributed by atoms with Crippen molar-refractivity contribution in [2.45, 2.75) is 26.7 Å². The number of methoxy groups -OCH3 is 1. The van der Waals surface area contributed by atoms with Crippen LogP contribution in [0, 0.1) is 11.8 Å². The molecule has 0 spiro atoms. The molecule has 0 radical (unpaired) electrons. The highest BCUT2D eigenvalue weighted by Gasteiger charge is 2.49. The summed E-state index contributed by atoms with van der Waals surface area (Å²) in [5.41, 5.74) is 3.12. The van der Waals surface area contributed by atoms with Crippen molar-refractivity contribution in [1.82, 2.24) is 0 Å². The number of rotatable bonds is 2. The number of anilines is 1. The SMILES string of the molecule is COc1ccc(N2C(=O)[C@@H]3CC(C)=C(C)C[C@H]3C2=O)cc1. The number of benzene rings is 1. The molecule has 2 aliphatic rings. The van der Waals surface area contributed by atoms with E-state index in [9.17, 15) is 9.59 Å². The van der Waals surface area contributed by atoms with Crippen LogP contribution >= 0.6 is 0 Å². The monoisotopic (exact) mass is 285 g/mol. The van der Waals surface area contributed by atoms with Crippen LogP contribution in [0.15, 0.2) is 35.4 Å². The van der Waals surface area contributed by atoms with Crippen molar-refractivity contribution in [3.8, 4) is 5.75 Å². The Labute approximate surface area is 124 Å². The van der Waals surface area contributed by atoms with Crippen molar-refractivity contribution in [2.75, 3.05) is 12.0 Å². The maximum atomic E-state index is 12.6. The van der Waals surface area contributed by atoms with Crippen LogP contribution in [0.2, 0.25) is 0 Å². The number of fused-ring (bicyclic) bond motifs is 1. The molecule has 0 aromatic heterocycles. The molecule has 1 aromatic carbocycles. The number of hydrogen-bond donors (Lipinski definition) is 0. The van der Waals surface area contributed by atoms with Gasteiger partial charge in [0.15, 0.2) is 0 Å². The van der Waals surface area contributed by atoms with Crippen molar-refractivity contribution in [2.24, 2.45) is 11.8 Å². The molecule has 1 heterocycles. The zero-order valence-electron chi connectivity index (χ0n) is 12.6. The molecule has 4 heteroatoms. The lowest BCUT2D eigenvalue weighted by atomic mass is 9.78. The molecule has 0 bridgehead atoms. The molecule has 2 atom stereocenters. The molecule has 1 fully saturated rings. The zero-order valence-corrected chi connectivity index (χ0v) is 12.6. The van der Waals surface area contributed by atoms with Gasteiger partial charge in [0.25, 0.3) is 0 Å². The second kappa shape index (κ2) is 5.02. The van der Waals surface area contributed by atoms with Gasteiger partial charge in [0, 0.05) is 0 Å². The Hall–Kier alpha value is -2.10. The summed E-state index contributed by atoms with van der Waals surface area (Å²) in [6, 6.07) is 7.07. The van der Waals surface area contributed by atoms with Gasteiger partial charge in [0.05, 0.1) is 24.6 Å². The highest BCUT2D eigenvalue weighted by molar-refractivity contribution is 6.22. The second-order valence-corrected chi connectivity index (χ2v) is 5.89. The minimum atomic E-state index is -0.191. The Kier molecular flexibility index (Phi) is 3.32. The van der Waals surface area contributed by atoms with Gasteiger partial charge in [-0.3, -0.25) is 14.5 Å². The van der Waals surface area contributed by atoms with E-state index in [2.05, 4.69) is 13.8 Å². The van der Waals surface area contributed by atoms with E-state index in [-0.39, 0.29) is 23.7 Å². The predicted molar refractivity (Wildman–Crippen MR) is 80.1 cm³/mol. The highest BCUT2D eigenvalue weighted by Crippen LogP contribution is 2.42. The first-order valence-corrected chi connectivity index (χ1v) is 7.20. The van der Waals surface area contributed by atoms with Crippen LogP contribution in [-0.2, 0) is 9.59 Å². The van der Waals surface area contributed by atoms with Gasteiger partial charge in [-0.25, -0.2) is 0 Å². The lowest BCUT2D eigenvalue weighted by Gasteiger charge is -2.23. The number of ether oxygens (including phenoxy) is 1. The third kappa shape index (κ3) is 2.15. The minimum absolute atomic E-state index is 0.0676. The number of allylic oxidation sites excluding steroid dienone is 2. The molecular weight excluding hydrogens is 266 g/mol. The van der Waals surface area contributed by atoms with Gasteiger partial charge in [-0.2, -0.15) is 0 Å². The standard InChI is InChI=1S/C17H19NO3/c1-10-8-14-15(9-11(10)2)17(20)18(16(14)19)12-4-6-13(21-3)7-5-12/h4-7,14-15H,8-9H2,1-3H3/t14-,15-/m1/s1. The van der Waals surface area contributed by atoms with Crippen molar-refractivity contribution in [3.63, 3.8) is 0 Å². The summed E-state index contributed by atoms with van der Waals surface area (Å²) in [4.78, 5) is 26.6. The maximum Gasteiger partial charge on any atom is 0.238 e. The average Bonchev–Trinajstić information content (AvgIpc) is 2.72. The summed E-state index contributed by atoms with van der Waals surface area (Å²) < 4.78 is 5.11. The molecular formula is C17H19NO3. The molecule has 2 amide bonds. The Bertz CT molecular complexity index is 598. The number of carbonyl (C=O) groups excluding carboxylic acids is 2. The molecule has 0 N–H and O–H groups in total. The largest absolute Gasteiger partial charge is 0.497 e. The highest BCUT2D eigenvalue weighted by atomic mass is 16.5. The smallest absolute Gasteiger partial charge is 0.238 e. The minimum Gasteiger partial charge on any atom is -0.497 e. The lowest BCUT2D eigenvalue weighted by molar-refractivity contribution is -0.122. The fraction of sp³-hybridized carbons (Fsp3) is 0.412. The molecule has 110 valence electrons. The number of hydrogen-bond acceptors (Lipinski definition) is 3. The first-order chi connectivity index (χ1) is 10.0. The van der Waals surface area contributed by atoms with Crippen LogP contribution in [0.5, 0.6) is 5.75 Å². The van der Waals surface area contributed by atoms with Crippen LogP contribution < -0.4 is 9.64 Å². The molecule has 21 heavy (non-hydrogen) atoms. The van der Waals surface area contributed by atoms with E-state index >= 15 is 0 Å². The summed E-state index contributed by atoms with van der Waals surface area (Å²) in [7, 11) is 1.59. The van der Waals surface area contributed by atoms with E-state index < -0.39 is 0 Å². The quantitative estimate of drug-likeness (QED) is 0.620. The summed E-state index contributed by atoms with van der Waals surface area (Å²) in [6.07, 6.45) is 1.40. The van der Waals surface area contributed by atoms with Crippen molar-refractivity contribution >= 4 is 17.5 Å². The summed E-state index contributed by atoms with van der Waals surface area (Å²) in [6.45, 7) is 4.11. The fourth-order valence-corrected chi connectivity index (χ4v) is 3.24. The average molecular weight is 285 g/mol. The van der Waals surface area contributed by atoms with Gasteiger partial charge in [0.2, 0.25) is 11.8 Å². The second-order valence-electron chi connectivity index (χ2n) is 5.89. The van der Waals surface area contributed by atoms with Crippen molar-refractivity contribution in [3.05, 3.63) is 35.4 Å². The van der Waals surface area contributed by atoms with Gasteiger partial charge in [-0.1, -0.05) is 11.1 Å². The topological polar surface area (TPSA) is 46.6 Å². The third-order valence-electron chi connectivity index (χ3n) is 4.67. The molecule has 1 aliphatic heterocycles. The zero-order chi connectivity index (χ0) is 15.1. The van der Waals surface area contributed by atoms with Crippen LogP contribution in [0.1, 0.15) is 26.7 Å². The fourth-order valence-electron chi connectivity index (χ4n) is 3.24. The molecule has 0 unspecified atom stereocenters. The van der Waals surface area contributed by atoms with Crippen LogP contribution in [0.3, 0.4) is 0 Å². The van der Waals surface area contributed by atoms with E-state index in [0.717, 1.165) is 0 Å². The third-order valence-corrected chi connectivity index (χ3v) is 4.67. The first kappa shape index (κ1) is 13.9. The summed E-state index contributed by atoms with van der Waals surface area (Å²) in [5, 5.41) is 0. The molecule has 3 rings (SSSR count). The van der Waals surface area contributed by atoms with E-state index in [1.165, 1.54) is 16.0 Å². The number of carbonyl (C=O) groups is 2. The Morgan fingerprint density at radius 3 is 1.86 bits per heavy atom. The van der Waals surface area contributed by atoms with E-state index in [0.29, 0.717) is 24.3 Å². The lowest BCUT2D eigenvalue weighted by Crippen LogP contribution is -2.30. The van der Waals surface area contributed by atoms with Crippen LogP contribution in [0.25, 0.3) is 0 Å². The van der Waals surface area contributed by atoms with Gasteiger partial charge in [0.1, 0.15) is 5.75 Å². The van der Waals surface area contributed by atoms with Crippen LogP contribution in [0.4, 0.5) is 5.69 Å². The van der Waals surface area contributed by atoms with Crippen molar-refractivity contribution < 1.29 is 14.3 Å². The Balaban J connectivity index is 1.92. The van der Waals surface area contributed by atoms with Gasteiger partial charge in [-0.15, -0.1) is 0 Å². The normalized spacial score (nSPS) is 25.4. The van der Waals surface area contributed by atoms with E-state index in [1.807, 2.05) is 0 Å². The van der Waals surface area contributed by atoms with Crippen LogP contribution in [-0.4, -0.2) is 18.9 Å².